The molecule has 0 bridgehead atoms. The number of carbonyl (C=O) groups is 1. The van der Waals surface area contributed by atoms with Crippen LogP contribution < -0.4 is 10.0 Å². The molecule has 1 heterocycles. The van der Waals surface area contributed by atoms with Crippen LogP contribution >= 0.6 is 34.8 Å². The minimum Gasteiger partial charge on any atom is -0.322 e. The van der Waals surface area contributed by atoms with Gasteiger partial charge < -0.3 is 5.32 Å². The predicted molar refractivity (Wildman–Crippen MR) is 94.8 cm³/mol. The minimum atomic E-state index is -3.65. The van der Waals surface area contributed by atoms with E-state index in [1.54, 1.807) is 18.2 Å². The topological polar surface area (TPSA) is 75.3 Å². The van der Waals surface area contributed by atoms with Gasteiger partial charge in [-0.2, -0.15) is 0 Å². The van der Waals surface area contributed by atoms with E-state index >= 15 is 0 Å². The zero-order valence-corrected chi connectivity index (χ0v) is 14.9. The molecular formula is C15H9Cl3N2O3S. The molecule has 2 aromatic carbocycles. The average molecular weight is 404 g/mol. The van der Waals surface area contributed by atoms with Crippen molar-refractivity contribution in [3.63, 3.8) is 0 Å². The van der Waals surface area contributed by atoms with Crippen molar-refractivity contribution in [1.29, 1.82) is 0 Å². The summed E-state index contributed by atoms with van der Waals surface area (Å²) in [5, 5.41) is 3.13. The van der Waals surface area contributed by atoms with E-state index in [0.29, 0.717) is 11.3 Å². The zero-order chi connectivity index (χ0) is 17.5. The summed E-state index contributed by atoms with van der Waals surface area (Å²) < 4.78 is 26.3. The number of fused-ring (bicyclic) bond motifs is 1. The van der Waals surface area contributed by atoms with Gasteiger partial charge in [-0.25, -0.2) is 8.42 Å². The molecule has 2 N–H and O–H groups in total. The molecule has 5 nitrogen and oxygen atoms in total. The number of halogens is 3. The monoisotopic (exact) mass is 402 g/mol. The summed E-state index contributed by atoms with van der Waals surface area (Å²) in [5.41, 5.74) is 0.958. The van der Waals surface area contributed by atoms with Gasteiger partial charge in [0.05, 0.1) is 25.7 Å². The van der Waals surface area contributed by atoms with E-state index in [1.807, 2.05) is 0 Å². The van der Waals surface area contributed by atoms with E-state index in [9.17, 15) is 13.2 Å². The second-order valence-corrected chi connectivity index (χ2v) is 7.75. The molecule has 0 fully saturated rings. The van der Waals surface area contributed by atoms with E-state index in [4.69, 9.17) is 34.8 Å². The lowest BCUT2D eigenvalue weighted by atomic mass is 10.1. The van der Waals surface area contributed by atoms with Crippen molar-refractivity contribution >= 4 is 62.1 Å². The van der Waals surface area contributed by atoms with E-state index in [-0.39, 0.29) is 25.7 Å². The Bertz CT molecular complexity index is 964. The fraction of sp³-hybridized carbons (Fsp3) is 0. The van der Waals surface area contributed by atoms with Crippen LogP contribution in [-0.4, -0.2) is 14.3 Å². The first-order valence-corrected chi connectivity index (χ1v) is 9.19. The highest BCUT2D eigenvalue weighted by atomic mass is 35.5. The molecule has 0 atom stereocenters. The van der Waals surface area contributed by atoms with Gasteiger partial charge in [0.2, 0.25) is 5.91 Å². The molecule has 0 aromatic heterocycles. The van der Waals surface area contributed by atoms with Crippen molar-refractivity contribution in [3.8, 4) is 0 Å². The second kappa shape index (κ2) is 6.29. The van der Waals surface area contributed by atoms with Crippen molar-refractivity contribution in [3.05, 3.63) is 63.1 Å². The standard InChI is InChI=1S/C15H9Cl3N2O3S/c16-10-5-8(6-11(17)15(10)18)19-14(21)7-12-9-3-1-2-4-13(9)24(22,23)20-12/h1-7,20H,(H,19,21). The van der Waals surface area contributed by atoms with Crippen molar-refractivity contribution in [1.82, 2.24) is 4.72 Å². The number of rotatable bonds is 2. The number of hydrogen-bond donors (Lipinski definition) is 2. The molecule has 9 heteroatoms. The normalized spacial score (nSPS) is 16.5. The SMILES string of the molecule is O=C(C=C1NS(=O)(=O)c2ccccc21)Nc1cc(Cl)c(Cl)c(Cl)c1. The van der Waals surface area contributed by atoms with Crippen LogP contribution in [0.25, 0.3) is 5.70 Å². The third kappa shape index (κ3) is 3.23. The van der Waals surface area contributed by atoms with E-state index in [2.05, 4.69) is 10.0 Å². The lowest BCUT2D eigenvalue weighted by molar-refractivity contribution is -0.111. The number of carbonyl (C=O) groups excluding carboxylic acids is 1. The molecule has 3 rings (SSSR count). The van der Waals surface area contributed by atoms with Gasteiger partial charge in [0.25, 0.3) is 10.0 Å². The summed E-state index contributed by atoms with van der Waals surface area (Å²) >= 11 is 17.7. The van der Waals surface area contributed by atoms with Crippen LogP contribution in [0.2, 0.25) is 15.1 Å². The Balaban J connectivity index is 1.89. The average Bonchev–Trinajstić information content (AvgIpc) is 2.76. The lowest BCUT2D eigenvalue weighted by Crippen LogP contribution is -2.16. The number of nitrogens with one attached hydrogen (secondary N) is 2. The van der Waals surface area contributed by atoms with E-state index in [1.165, 1.54) is 18.2 Å². The highest BCUT2D eigenvalue weighted by Crippen LogP contribution is 2.33. The number of benzene rings is 2. The molecular weight excluding hydrogens is 395 g/mol. The van der Waals surface area contributed by atoms with Gasteiger partial charge in [-0.15, -0.1) is 0 Å². The van der Waals surface area contributed by atoms with Gasteiger partial charge >= 0.3 is 0 Å². The second-order valence-electron chi connectivity index (χ2n) is 4.90. The van der Waals surface area contributed by atoms with Crippen molar-refractivity contribution < 1.29 is 13.2 Å². The van der Waals surface area contributed by atoms with Crippen LogP contribution in [0.4, 0.5) is 5.69 Å². The van der Waals surface area contributed by atoms with Crippen LogP contribution in [0.5, 0.6) is 0 Å². The summed E-state index contributed by atoms with van der Waals surface area (Å²) in [7, 11) is -3.65. The Morgan fingerprint density at radius 1 is 1.08 bits per heavy atom. The predicted octanol–water partition coefficient (Wildman–Crippen LogP) is 3.92. The molecule has 0 spiro atoms. The molecule has 124 valence electrons. The lowest BCUT2D eigenvalue weighted by Gasteiger charge is -2.06. The fourth-order valence-electron chi connectivity index (χ4n) is 2.22. The Morgan fingerprint density at radius 3 is 2.38 bits per heavy atom. The van der Waals surface area contributed by atoms with Crippen LogP contribution in [0, 0.1) is 0 Å². The molecule has 1 aliphatic heterocycles. The number of sulfonamides is 1. The highest BCUT2D eigenvalue weighted by molar-refractivity contribution is 7.90. The fourth-order valence-corrected chi connectivity index (χ4v) is 4.11. The Morgan fingerprint density at radius 2 is 1.71 bits per heavy atom. The van der Waals surface area contributed by atoms with Crippen molar-refractivity contribution in [2.75, 3.05) is 5.32 Å². The molecule has 0 saturated heterocycles. The number of hydrogen-bond acceptors (Lipinski definition) is 3. The van der Waals surface area contributed by atoms with Gasteiger partial charge in [0.1, 0.15) is 0 Å². The van der Waals surface area contributed by atoms with E-state index < -0.39 is 15.9 Å². The first-order valence-electron chi connectivity index (χ1n) is 6.57. The Hall–Kier alpha value is -1.73. The smallest absolute Gasteiger partial charge is 0.262 e. The third-order valence-corrected chi connectivity index (χ3v) is 5.86. The number of anilines is 1. The third-order valence-electron chi connectivity index (χ3n) is 3.24. The molecule has 0 saturated carbocycles. The summed E-state index contributed by atoms with van der Waals surface area (Å²) in [5.74, 6) is -0.543. The van der Waals surface area contributed by atoms with Gasteiger partial charge in [0.15, 0.2) is 0 Å². The summed E-state index contributed by atoms with van der Waals surface area (Å²) in [6, 6.07) is 9.26. The summed E-state index contributed by atoms with van der Waals surface area (Å²) in [6.07, 6.45) is 1.15. The molecule has 1 aliphatic rings. The van der Waals surface area contributed by atoms with Crippen LogP contribution in [0.15, 0.2) is 47.4 Å². The van der Waals surface area contributed by atoms with Gasteiger partial charge in [-0.1, -0.05) is 53.0 Å². The first-order chi connectivity index (χ1) is 11.3. The molecule has 2 aromatic rings. The number of amides is 1. The largest absolute Gasteiger partial charge is 0.322 e. The summed E-state index contributed by atoms with van der Waals surface area (Å²) in [6.45, 7) is 0. The first kappa shape index (κ1) is 17.1. The van der Waals surface area contributed by atoms with Crippen LogP contribution in [-0.2, 0) is 14.8 Å². The molecule has 0 unspecified atom stereocenters. The maximum Gasteiger partial charge on any atom is 0.262 e. The van der Waals surface area contributed by atoms with Gasteiger partial charge in [-0.3, -0.25) is 9.52 Å². The maximum absolute atomic E-state index is 12.2. The van der Waals surface area contributed by atoms with Crippen molar-refractivity contribution in [2.45, 2.75) is 4.90 Å². The van der Waals surface area contributed by atoms with E-state index in [0.717, 1.165) is 6.08 Å². The van der Waals surface area contributed by atoms with Gasteiger partial charge in [-0.05, 0) is 18.2 Å². The Labute approximate surface area is 153 Å². The quantitative estimate of drug-likeness (QED) is 0.589. The maximum atomic E-state index is 12.2. The van der Waals surface area contributed by atoms with Crippen LogP contribution in [0.1, 0.15) is 5.56 Å². The Kier molecular flexibility index (Phi) is 4.48. The zero-order valence-electron chi connectivity index (χ0n) is 11.8. The molecule has 24 heavy (non-hydrogen) atoms. The molecule has 1 amide bonds. The van der Waals surface area contributed by atoms with Gasteiger partial charge in [0, 0.05) is 17.3 Å². The molecule has 0 aliphatic carbocycles. The van der Waals surface area contributed by atoms with Crippen LogP contribution in [0.3, 0.4) is 0 Å². The minimum absolute atomic E-state index is 0.127. The summed E-state index contributed by atoms with van der Waals surface area (Å²) in [4.78, 5) is 12.3. The highest BCUT2D eigenvalue weighted by Gasteiger charge is 2.29. The van der Waals surface area contributed by atoms with Crippen molar-refractivity contribution in [2.24, 2.45) is 0 Å². The molecule has 0 radical (unpaired) electrons.